The summed E-state index contributed by atoms with van der Waals surface area (Å²) in [6, 6.07) is 4.69. The quantitative estimate of drug-likeness (QED) is 0.671. The number of benzene rings is 1. The van der Waals surface area contributed by atoms with Gasteiger partial charge in [-0.25, -0.2) is 4.79 Å². The van der Waals surface area contributed by atoms with Crippen LogP contribution in [-0.4, -0.2) is 35.0 Å². The molecule has 0 radical (unpaired) electrons. The van der Waals surface area contributed by atoms with Crippen LogP contribution >= 0.6 is 11.6 Å². The third-order valence-corrected chi connectivity index (χ3v) is 2.81. The van der Waals surface area contributed by atoms with E-state index < -0.39 is 18.2 Å². The molecular formula is C12H17ClN2O3. The van der Waals surface area contributed by atoms with E-state index in [0.717, 1.165) is 5.56 Å². The Morgan fingerprint density at radius 3 is 2.72 bits per heavy atom. The minimum Gasteiger partial charge on any atom is -0.393 e. The molecule has 0 heterocycles. The van der Waals surface area contributed by atoms with Crippen molar-refractivity contribution in [2.45, 2.75) is 19.4 Å². The molecule has 0 aliphatic heterocycles. The van der Waals surface area contributed by atoms with E-state index in [1.807, 2.05) is 6.92 Å². The van der Waals surface area contributed by atoms with Crippen LogP contribution in [0.4, 0.5) is 10.5 Å². The summed E-state index contributed by atoms with van der Waals surface area (Å²) in [5.74, 6) is 0. The molecule has 0 saturated carbocycles. The number of aryl methyl sites for hydroxylation is 1. The largest absolute Gasteiger partial charge is 0.393 e. The maximum absolute atomic E-state index is 11.5. The van der Waals surface area contributed by atoms with E-state index in [1.165, 1.54) is 6.92 Å². The van der Waals surface area contributed by atoms with Crippen LogP contribution in [0.5, 0.6) is 0 Å². The maximum atomic E-state index is 11.5. The fourth-order valence-corrected chi connectivity index (χ4v) is 1.35. The lowest BCUT2D eigenvalue weighted by atomic mass is 10.1. The van der Waals surface area contributed by atoms with Gasteiger partial charge in [-0.05, 0) is 31.5 Å². The highest BCUT2D eigenvalue weighted by atomic mass is 35.5. The second-order valence-corrected chi connectivity index (χ2v) is 4.83. The number of nitrogens with one attached hydrogen (secondary N) is 2. The summed E-state index contributed by atoms with van der Waals surface area (Å²) in [6.07, 6.45) is 0. The average molecular weight is 273 g/mol. The predicted octanol–water partition coefficient (Wildman–Crippen LogP) is 1.51. The van der Waals surface area contributed by atoms with Gasteiger partial charge in [0, 0.05) is 10.7 Å². The predicted molar refractivity (Wildman–Crippen MR) is 70.9 cm³/mol. The maximum Gasteiger partial charge on any atom is 0.319 e. The molecule has 0 aliphatic rings. The van der Waals surface area contributed by atoms with Gasteiger partial charge in [0.05, 0.1) is 13.2 Å². The van der Waals surface area contributed by atoms with Crippen molar-refractivity contribution >= 4 is 23.3 Å². The van der Waals surface area contributed by atoms with Crippen molar-refractivity contribution in [3.8, 4) is 0 Å². The van der Waals surface area contributed by atoms with Crippen LogP contribution in [0.2, 0.25) is 5.02 Å². The van der Waals surface area contributed by atoms with E-state index in [0.29, 0.717) is 10.7 Å². The third-order valence-electron chi connectivity index (χ3n) is 2.40. The molecule has 0 spiro atoms. The van der Waals surface area contributed by atoms with Gasteiger partial charge in [-0.1, -0.05) is 17.7 Å². The summed E-state index contributed by atoms with van der Waals surface area (Å²) in [6.45, 7) is 2.82. The van der Waals surface area contributed by atoms with Gasteiger partial charge in [-0.15, -0.1) is 0 Å². The van der Waals surface area contributed by atoms with Gasteiger partial charge in [0.1, 0.15) is 5.60 Å². The summed E-state index contributed by atoms with van der Waals surface area (Å²) in [4.78, 5) is 11.5. The molecule has 0 bridgehead atoms. The first-order chi connectivity index (χ1) is 8.34. The van der Waals surface area contributed by atoms with Gasteiger partial charge in [0.15, 0.2) is 0 Å². The second-order valence-electron chi connectivity index (χ2n) is 4.43. The number of aliphatic hydroxyl groups excluding tert-OH is 1. The fourth-order valence-electron chi connectivity index (χ4n) is 1.17. The highest BCUT2D eigenvalue weighted by molar-refractivity contribution is 6.31. The molecule has 1 rings (SSSR count). The number of aliphatic hydroxyl groups is 2. The van der Waals surface area contributed by atoms with Gasteiger partial charge in [-0.3, -0.25) is 0 Å². The smallest absolute Gasteiger partial charge is 0.319 e. The zero-order chi connectivity index (χ0) is 13.8. The molecule has 100 valence electrons. The van der Waals surface area contributed by atoms with Gasteiger partial charge >= 0.3 is 6.03 Å². The lowest BCUT2D eigenvalue weighted by Crippen LogP contribution is -2.44. The number of rotatable bonds is 4. The van der Waals surface area contributed by atoms with Crippen molar-refractivity contribution in [2.24, 2.45) is 0 Å². The third kappa shape index (κ3) is 4.52. The van der Waals surface area contributed by atoms with Gasteiger partial charge in [0.25, 0.3) is 0 Å². The zero-order valence-electron chi connectivity index (χ0n) is 10.3. The standard InChI is InChI=1S/C12H17ClN2O3/c1-8-3-4-9(5-10(8)13)15-11(17)14-6-12(2,18)7-16/h3-5,16,18H,6-7H2,1-2H3,(H2,14,15,17). The summed E-state index contributed by atoms with van der Waals surface area (Å²) in [5.41, 5.74) is 0.153. The number of hydrogen-bond acceptors (Lipinski definition) is 3. The molecule has 0 aromatic heterocycles. The fraction of sp³-hybridized carbons (Fsp3) is 0.417. The highest BCUT2D eigenvalue weighted by Crippen LogP contribution is 2.19. The van der Waals surface area contributed by atoms with E-state index in [9.17, 15) is 9.90 Å². The minimum absolute atomic E-state index is 0.0467. The summed E-state index contributed by atoms with van der Waals surface area (Å²) in [5, 5.41) is 23.9. The molecule has 1 aromatic carbocycles. The van der Waals surface area contributed by atoms with Crippen molar-refractivity contribution in [2.75, 3.05) is 18.5 Å². The molecule has 4 N–H and O–H groups in total. The van der Waals surface area contributed by atoms with Crippen molar-refractivity contribution in [1.82, 2.24) is 5.32 Å². The second kappa shape index (κ2) is 6.04. The first-order valence-electron chi connectivity index (χ1n) is 5.48. The van der Waals surface area contributed by atoms with Gasteiger partial charge in [-0.2, -0.15) is 0 Å². The number of anilines is 1. The van der Waals surface area contributed by atoms with Crippen LogP contribution < -0.4 is 10.6 Å². The van der Waals surface area contributed by atoms with Crippen molar-refractivity contribution in [3.05, 3.63) is 28.8 Å². The van der Waals surface area contributed by atoms with E-state index in [2.05, 4.69) is 10.6 Å². The SMILES string of the molecule is Cc1ccc(NC(=O)NCC(C)(O)CO)cc1Cl. The number of halogens is 1. The monoisotopic (exact) mass is 272 g/mol. The molecule has 1 atom stereocenters. The molecule has 1 unspecified atom stereocenters. The number of urea groups is 1. The van der Waals surface area contributed by atoms with Gasteiger partial charge in [0.2, 0.25) is 0 Å². The molecular weight excluding hydrogens is 256 g/mol. The lowest BCUT2D eigenvalue weighted by molar-refractivity contribution is 0.00514. The minimum atomic E-state index is -1.33. The number of carbonyl (C=O) groups is 1. The molecule has 0 aliphatic carbocycles. The van der Waals surface area contributed by atoms with Crippen molar-refractivity contribution in [1.29, 1.82) is 0 Å². The van der Waals surface area contributed by atoms with E-state index >= 15 is 0 Å². The van der Waals surface area contributed by atoms with Crippen LogP contribution in [0.1, 0.15) is 12.5 Å². The Labute approximate surface area is 111 Å². The topological polar surface area (TPSA) is 81.6 Å². The highest BCUT2D eigenvalue weighted by Gasteiger charge is 2.19. The number of carbonyl (C=O) groups excluding carboxylic acids is 1. The molecule has 0 saturated heterocycles. The summed E-state index contributed by atoms with van der Waals surface area (Å²) >= 11 is 5.92. The summed E-state index contributed by atoms with van der Waals surface area (Å²) < 4.78 is 0. The Kier molecular flexibility index (Phi) is 4.95. The van der Waals surface area contributed by atoms with Crippen LogP contribution in [-0.2, 0) is 0 Å². The zero-order valence-corrected chi connectivity index (χ0v) is 11.1. The Morgan fingerprint density at radius 2 is 2.17 bits per heavy atom. The Hall–Kier alpha value is -1.30. The van der Waals surface area contributed by atoms with Crippen LogP contribution in [0.15, 0.2) is 18.2 Å². The molecule has 5 nitrogen and oxygen atoms in total. The lowest BCUT2D eigenvalue weighted by Gasteiger charge is -2.20. The number of amides is 2. The van der Waals surface area contributed by atoms with Crippen LogP contribution in [0.3, 0.4) is 0 Å². The van der Waals surface area contributed by atoms with Crippen LogP contribution in [0.25, 0.3) is 0 Å². The molecule has 2 amide bonds. The molecule has 0 fully saturated rings. The Balaban J connectivity index is 2.52. The van der Waals surface area contributed by atoms with Crippen LogP contribution in [0, 0.1) is 6.92 Å². The van der Waals surface area contributed by atoms with Gasteiger partial charge < -0.3 is 20.8 Å². The van der Waals surface area contributed by atoms with Crippen molar-refractivity contribution < 1.29 is 15.0 Å². The molecule has 18 heavy (non-hydrogen) atoms. The Bertz CT molecular complexity index is 435. The van der Waals surface area contributed by atoms with E-state index in [1.54, 1.807) is 18.2 Å². The number of hydrogen-bond donors (Lipinski definition) is 4. The first-order valence-corrected chi connectivity index (χ1v) is 5.86. The molecule has 1 aromatic rings. The normalized spacial score (nSPS) is 13.8. The Morgan fingerprint density at radius 1 is 1.50 bits per heavy atom. The van der Waals surface area contributed by atoms with Crippen molar-refractivity contribution in [3.63, 3.8) is 0 Å². The van der Waals surface area contributed by atoms with E-state index in [4.69, 9.17) is 16.7 Å². The average Bonchev–Trinajstić information content (AvgIpc) is 2.32. The molecule has 6 heteroatoms. The van der Waals surface area contributed by atoms with E-state index in [-0.39, 0.29) is 6.54 Å². The summed E-state index contributed by atoms with van der Waals surface area (Å²) in [7, 11) is 0. The first kappa shape index (κ1) is 14.8.